The van der Waals surface area contributed by atoms with Crippen molar-refractivity contribution in [2.24, 2.45) is 16.8 Å². The highest BCUT2D eigenvalue weighted by Crippen LogP contribution is 2.34. The molecule has 1 aromatic carbocycles. The number of allylic oxidation sites excluding steroid dienone is 3. The van der Waals surface area contributed by atoms with Gasteiger partial charge in [0.15, 0.2) is 0 Å². The van der Waals surface area contributed by atoms with Crippen molar-refractivity contribution >= 4 is 11.7 Å². The normalized spacial score (nSPS) is 20.0. The summed E-state index contributed by atoms with van der Waals surface area (Å²) in [6.45, 7) is 14.7. The van der Waals surface area contributed by atoms with Gasteiger partial charge < -0.3 is 24.8 Å². The van der Waals surface area contributed by atoms with Crippen molar-refractivity contribution in [1.29, 1.82) is 0 Å². The van der Waals surface area contributed by atoms with Crippen LogP contribution in [0.25, 0.3) is 0 Å². The second-order valence-electron chi connectivity index (χ2n) is 10.9. The highest BCUT2D eigenvalue weighted by atomic mass is 19.4. The molecule has 11 heteroatoms. The number of hydrogen-bond donors (Lipinski definition) is 2. The smallest absolute Gasteiger partial charge is 0.417 e. The van der Waals surface area contributed by atoms with Gasteiger partial charge in [-0.3, -0.25) is 9.69 Å². The lowest BCUT2D eigenvalue weighted by Crippen LogP contribution is -2.37. The maximum Gasteiger partial charge on any atom is 0.417 e. The quantitative estimate of drug-likeness (QED) is 0.379. The molecular weight excluding hydrogens is 549 g/mol. The van der Waals surface area contributed by atoms with Crippen molar-refractivity contribution in [3.8, 4) is 0 Å². The molecule has 0 aliphatic carbocycles. The Bertz CT molecular complexity index is 1280. The van der Waals surface area contributed by atoms with E-state index < -0.39 is 11.7 Å². The van der Waals surface area contributed by atoms with Crippen LogP contribution < -0.4 is 10.6 Å². The first kappa shape index (κ1) is 31.4. The number of carbonyl (C=O) groups is 1. The topological polar surface area (TPSA) is 84.4 Å². The van der Waals surface area contributed by atoms with Gasteiger partial charge in [0.25, 0.3) is 0 Å². The molecule has 228 valence electrons. The van der Waals surface area contributed by atoms with Gasteiger partial charge in [0.05, 0.1) is 32.0 Å². The molecule has 3 aliphatic rings. The largest absolute Gasteiger partial charge is 0.497 e. The number of nitrogens with zero attached hydrogens (tertiary/aromatic N) is 2. The molecule has 0 unspecified atom stereocenters. The van der Waals surface area contributed by atoms with Crippen LogP contribution in [-0.2, 0) is 31.7 Å². The number of rotatable bonds is 10. The van der Waals surface area contributed by atoms with Crippen molar-refractivity contribution in [3.63, 3.8) is 0 Å². The van der Waals surface area contributed by atoms with Gasteiger partial charge in [-0.1, -0.05) is 33.4 Å². The molecule has 0 spiro atoms. The fourth-order valence-corrected chi connectivity index (χ4v) is 4.65. The highest BCUT2D eigenvalue weighted by Gasteiger charge is 2.35. The van der Waals surface area contributed by atoms with E-state index in [2.05, 4.69) is 27.1 Å². The number of benzene rings is 1. The zero-order valence-corrected chi connectivity index (χ0v) is 24.4. The number of aliphatic imine (C=N–C) groups is 1. The van der Waals surface area contributed by atoms with Gasteiger partial charge in [0.1, 0.15) is 23.1 Å². The SMILES string of the molecule is C=C1C=C(C2=CC=C(OCCCN3CCOCC3)[C@H](C)CO2)N=C(c2cc(CNC(=O)C(C)C)ccc2C(F)(F)F)N1. The summed E-state index contributed by atoms with van der Waals surface area (Å²) in [7, 11) is 0. The van der Waals surface area contributed by atoms with Gasteiger partial charge in [-0.05, 0) is 42.3 Å². The third kappa shape index (κ3) is 8.48. The summed E-state index contributed by atoms with van der Waals surface area (Å²) in [5.74, 6) is 0.717. The van der Waals surface area contributed by atoms with Crippen molar-refractivity contribution in [2.45, 2.75) is 39.9 Å². The number of hydrogen-bond acceptors (Lipinski definition) is 7. The summed E-state index contributed by atoms with van der Waals surface area (Å²) in [6.07, 6.45) is 1.46. The Hall–Kier alpha value is -3.57. The minimum absolute atomic E-state index is 0.00720. The van der Waals surface area contributed by atoms with Crippen LogP contribution in [0.3, 0.4) is 0 Å². The van der Waals surface area contributed by atoms with E-state index in [4.69, 9.17) is 14.2 Å². The van der Waals surface area contributed by atoms with Crippen LogP contribution >= 0.6 is 0 Å². The van der Waals surface area contributed by atoms with Crippen molar-refractivity contribution in [3.05, 3.63) is 82.6 Å². The van der Waals surface area contributed by atoms with Crippen molar-refractivity contribution < 1.29 is 32.2 Å². The molecule has 8 nitrogen and oxygen atoms in total. The molecule has 3 aliphatic heterocycles. The molecule has 1 fully saturated rings. The standard InChI is InChI=1S/C31H39F3N4O4/c1-20(2)30(39)35-18-23-6-7-25(31(32,33)34)24(17-23)29-36-22(4)16-26(37-29)28-9-8-27(21(3)19-42-28)41-13-5-10-38-11-14-40-15-12-38/h6-9,16-17,20-21H,4-5,10-15,18-19H2,1-3H3,(H,35,39)(H,36,37)/t21-/m1/s1. The molecule has 0 saturated carbocycles. The minimum atomic E-state index is -4.62. The van der Waals surface area contributed by atoms with Crippen LogP contribution in [0, 0.1) is 11.8 Å². The minimum Gasteiger partial charge on any atom is -0.497 e. The Labute approximate surface area is 245 Å². The number of halogens is 3. The first-order chi connectivity index (χ1) is 20.0. The Morgan fingerprint density at radius 1 is 1.26 bits per heavy atom. The van der Waals surface area contributed by atoms with Gasteiger partial charge in [-0.2, -0.15) is 13.2 Å². The highest BCUT2D eigenvalue weighted by molar-refractivity contribution is 6.03. The average molecular weight is 589 g/mol. The Kier molecular flexibility index (Phi) is 10.5. The number of morpholine rings is 1. The fraction of sp³-hybridized carbons (Fsp3) is 0.484. The maximum atomic E-state index is 14.0. The fourth-order valence-electron chi connectivity index (χ4n) is 4.65. The summed E-state index contributed by atoms with van der Waals surface area (Å²) in [4.78, 5) is 18.9. The predicted molar refractivity (Wildman–Crippen MR) is 154 cm³/mol. The van der Waals surface area contributed by atoms with Crippen LogP contribution in [0.1, 0.15) is 43.9 Å². The summed E-state index contributed by atoms with van der Waals surface area (Å²) >= 11 is 0. The number of nitrogens with one attached hydrogen (secondary N) is 2. The first-order valence-electron chi connectivity index (χ1n) is 14.2. The van der Waals surface area contributed by atoms with Gasteiger partial charge in [-0.25, -0.2) is 4.99 Å². The molecule has 1 saturated heterocycles. The van der Waals surface area contributed by atoms with Crippen LogP contribution in [0.5, 0.6) is 0 Å². The summed E-state index contributed by atoms with van der Waals surface area (Å²) in [6, 6.07) is 3.75. The lowest BCUT2D eigenvalue weighted by molar-refractivity contribution is -0.137. The van der Waals surface area contributed by atoms with E-state index in [1.54, 1.807) is 26.0 Å². The summed E-state index contributed by atoms with van der Waals surface area (Å²) < 4.78 is 59.5. The van der Waals surface area contributed by atoms with Crippen LogP contribution in [-0.4, -0.2) is 62.7 Å². The molecule has 42 heavy (non-hydrogen) atoms. The summed E-state index contributed by atoms with van der Waals surface area (Å²) in [5, 5.41) is 5.62. The predicted octanol–water partition coefficient (Wildman–Crippen LogP) is 4.90. The maximum absolute atomic E-state index is 14.0. The van der Waals surface area contributed by atoms with E-state index in [0.717, 1.165) is 51.1 Å². The molecule has 1 aromatic rings. The molecule has 4 rings (SSSR count). The van der Waals surface area contributed by atoms with E-state index in [-0.39, 0.29) is 35.7 Å². The number of ether oxygens (including phenoxy) is 3. The number of carbonyl (C=O) groups excluding carboxylic acids is 1. The third-order valence-electron chi connectivity index (χ3n) is 7.07. The Balaban J connectivity index is 1.52. The molecular formula is C31H39F3N4O4. The molecule has 1 atom stereocenters. The zero-order valence-electron chi connectivity index (χ0n) is 24.4. The molecule has 0 aromatic heterocycles. The van der Waals surface area contributed by atoms with E-state index in [0.29, 0.717) is 35.9 Å². The van der Waals surface area contributed by atoms with E-state index in [1.807, 2.05) is 13.0 Å². The van der Waals surface area contributed by atoms with Crippen LogP contribution in [0.15, 0.2) is 70.9 Å². The van der Waals surface area contributed by atoms with E-state index >= 15 is 0 Å². The van der Waals surface area contributed by atoms with Crippen molar-refractivity contribution in [2.75, 3.05) is 46.1 Å². The van der Waals surface area contributed by atoms with E-state index in [9.17, 15) is 18.0 Å². The Morgan fingerprint density at radius 3 is 2.74 bits per heavy atom. The van der Waals surface area contributed by atoms with Gasteiger partial charge in [0, 0.05) is 49.3 Å². The molecule has 3 heterocycles. The summed E-state index contributed by atoms with van der Waals surface area (Å²) in [5.41, 5.74) is 0.228. The van der Waals surface area contributed by atoms with Crippen LogP contribution in [0.2, 0.25) is 0 Å². The zero-order chi connectivity index (χ0) is 30.3. The lowest BCUT2D eigenvalue weighted by Gasteiger charge is -2.26. The molecule has 2 N–H and O–H groups in total. The average Bonchev–Trinajstić information content (AvgIpc) is 3.14. The van der Waals surface area contributed by atoms with Crippen LogP contribution in [0.4, 0.5) is 13.2 Å². The number of alkyl halides is 3. The Morgan fingerprint density at radius 2 is 2.02 bits per heavy atom. The lowest BCUT2D eigenvalue weighted by atomic mass is 10.0. The first-order valence-corrected chi connectivity index (χ1v) is 14.2. The number of amides is 1. The monoisotopic (exact) mass is 588 g/mol. The second kappa shape index (κ2) is 14.1. The third-order valence-corrected chi connectivity index (χ3v) is 7.07. The van der Waals surface area contributed by atoms with Gasteiger partial charge >= 0.3 is 6.18 Å². The van der Waals surface area contributed by atoms with E-state index in [1.165, 1.54) is 12.1 Å². The molecule has 0 bridgehead atoms. The van der Waals surface area contributed by atoms with Crippen molar-refractivity contribution in [1.82, 2.24) is 15.5 Å². The van der Waals surface area contributed by atoms with Gasteiger partial charge in [-0.15, -0.1) is 0 Å². The molecule has 1 amide bonds. The second-order valence-corrected chi connectivity index (χ2v) is 10.9. The van der Waals surface area contributed by atoms with Gasteiger partial charge in [0.2, 0.25) is 5.91 Å². The molecule has 0 radical (unpaired) electrons. The number of amidine groups is 1.